The van der Waals surface area contributed by atoms with Crippen molar-refractivity contribution < 1.29 is 19.1 Å². The summed E-state index contributed by atoms with van der Waals surface area (Å²) >= 11 is 0. The summed E-state index contributed by atoms with van der Waals surface area (Å²) < 4.78 is 10.4. The minimum atomic E-state index is -0.441. The van der Waals surface area contributed by atoms with Crippen LogP contribution in [0, 0.1) is 0 Å². The number of hydrogen-bond acceptors (Lipinski definition) is 6. The Morgan fingerprint density at radius 3 is 2.07 bits per heavy atom. The molecule has 1 atom stereocenters. The van der Waals surface area contributed by atoms with Crippen molar-refractivity contribution in [3.05, 3.63) is 52.2 Å². The standard InChI is InChI=1S/C21H28N2O4/c1-7-26-20(24)17-13(3)18(21(25)27-8-2)19(22-14(17)4)15-9-11-16(12-10-15)23(5)6/h9-12,19,22H,7-8H2,1-6H3. The maximum absolute atomic E-state index is 12.7. The van der Waals surface area contributed by atoms with Crippen molar-refractivity contribution >= 4 is 17.6 Å². The molecule has 6 nitrogen and oxygen atoms in total. The van der Waals surface area contributed by atoms with Crippen LogP contribution in [0.1, 0.15) is 39.3 Å². The van der Waals surface area contributed by atoms with Gasteiger partial charge in [-0.15, -0.1) is 0 Å². The van der Waals surface area contributed by atoms with Crippen molar-refractivity contribution in [3.63, 3.8) is 0 Å². The molecule has 1 aromatic carbocycles. The zero-order chi connectivity index (χ0) is 20.1. The predicted molar refractivity (Wildman–Crippen MR) is 105 cm³/mol. The Morgan fingerprint density at radius 2 is 1.56 bits per heavy atom. The molecular formula is C21H28N2O4. The fourth-order valence-electron chi connectivity index (χ4n) is 3.20. The van der Waals surface area contributed by atoms with Gasteiger partial charge in [-0.2, -0.15) is 0 Å². The van der Waals surface area contributed by atoms with E-state index < -0.39 is 18.0 Å². The molecule has 2 rings (SSSR count). The van der Waals surface area contributed by atoms with Crippen molar-refractivity contribution in [1.82, 2.24) is 5.32 Å². The third-order valence-electron chi connectivity index (χ3n) is 4.52. The topological polar surface area (TPSA) is 67.9 Å². The first-order valence-electron chi connectivity index (χ1n) is 9.11. The van der Waals surface area contributed by atoms with Crippen LogP contribution in [0.5, 0.6) is 0 Å². The average molecular weight is 372 g/mol. The highest BCUT2D eigenvalue weighted by molar-refractivity contribution is 6.00. The summed E-state index contributed by atoms with van der Waals surface area (Å²) in [6, 6.07) is 7.55. The van der Waals surface area contributed by atoms with Gasteiger partial charge in [-0.1, -0.05) is 12.1 Å². The van der Waals surface area contributed by atoms with Gasteiger partial charge in [0.15, 0.2) is 0 Å². The number of hydrogen-bond donors (Lipinski definition) is 1. The minimum absolute atomic E-state index is 0.263. The summed E-state index contributed by atoms with van der Waals surface area (Å²) in [5.74, 6) is -0.873. The number of carbonyl (C=O) groups is 2. The fraction of sp³-hybridized carbons (Fsp3) is 0.429. The van der Waals surface area contributed by atoms with Crippen LogP contribution in [0.4, 0.5) is 5.69 Å². The first kappa shape index (κ1) is 20.6. The second kappa shape index (κ2) is 8.75. The number of ether oxygens (including phenoxy) is 2. The summed E-state index contributed by atoms with van der Waals surface area (Å²) in [6.07, 6.45) is 0. The van der Waals surface area contributed by atoms with E-state index in [0.717, 1.165) is 11.3 Å². The van der Waals surface area contributed by atoms with Crippen molar-refractivity contribution in [2.75, 3.05) is 32.2 Å². The van der Waals surface area contributed by atoms with Crippen LogP contribution < -0.4 is 10.2 Å². The molecule has 1 aromatic rings. The zero-order valence-electron chi connectivity index (χ0n) is 16.9. The summed E-state index contributed by atoms with van der Waals surface area (Å²) in [5, 5.41) is 3.30. The van der Waals surface area contributed by atoms with Gasteiger partial charge >= 0.3 is 11.9 Å². The Morgan fingerprint density at radius 1 is 1.00 bits per heavy atom. The van der Waals surface area contributed by atoms with Crippen LogP contribution in [-0.4, -0.2) is 39.2 Å². The van der Waals surface area contributed by atoms with E-state index in [2.05, 4.69) is 5.32 Å². The van der Waals surface area contributed by atoms with Crippen LogP contribution in [0.15, 0.2) is 46.7 Å². The lowest BCUT2D eigenvalue weighted by Gasteiger charge is -2.30. The predicted octanol–water partition coefficient (Wildman–Crippen LogP) is 3.11. The van der Waals surface area contributed by atoms with E-state index in [1.807, 2.05) is 50.2 Å². The molecule has 0 radical (unpaired) electrons. The fourth-order valence-corrected chi connectivity index (χ4v) is 3.20. The molecule has 0 bridgehead atoms. The molecule has 27 heavy (non-hydrogen) atoms. The summed E-state index contributed by atoms with van der Waals surface area (Å²) in [5.41, 5.74) is 4.08. The highest BCUT2D eigenvalue weighted by atomic mass is 16.5. The van der Waals surface area contributed by atoms with E-state index in [4.69, 9.17) is 9.47 Å². The monoisotopic (exact) mass is 372 g/mol. The largest absolute Gasteiger partial charge is 0.463 e. The highest BCUT2D eigenvalue weighted by Gasteiger charge is 2.34. The molecule has 0 saturated heterocycles. The Kier molecular flexibility index (Phi) is 6.66. The Bertz CT molecular complexity index is 776. The molecule has 0 aliphatic carbocycles. The molecule has 146 valence electrons. The van der Waals surface area contributed by atoms with Crippen LogP contribution in [0.25, 0.3) is 0 Å². The van der Waals surface area contributed by atoms with E-state index in [0.29, 0.717) is 22.4 Å². The molecule has 0 fully saturated rings. The summed E-state index contributed by atoms with van der Waals surface area (Å²) in [6.45, 7) is 7.64. The molecule has 6 heteroatoms. The zero-order valence-corrected chi connectivity index (χ0v) is 16.9. The number of benzene rings is 1. The maximum Gasteiger partial charge on any atom is 0.340 e. The van der Waals surface area contributed by atoms with Gasteiger partial charge < -0.3 is 19.7 Å². The molecule has 1 aliphatic rings. The van der Waals surface area contributed by atoms with Gasteiger partial charge in [0.2, 0.25) is 0 Å². The lowest BCUT2D eigenvalue weighted by molar-refractivity contribution is -0.139. The molecule has 1 aliphatic heterocycles. The second-order valence-corrected chi connectivity index (χ2v) is 6.54. The first-order valence-corrected chi connectivity index (χ1v) is 9.11. The average Bonchev–Trinajstić information content (AvgIpc) is 2.61. The number of allylic oxidation sites excluding steroid dienone is 1. The van der Waals surface area contributed by atoms with E-state index in [1.165, 1.54) is 0 Å². The van der Waals surface area contributed by atoms with Crippen molar-refractivity contribution in [2.24, 2.45) is 0 Å². The Hall–Kier alpha value is -2.76. The quantitative estimate of drug-likeness (QED) is 0.774. The third kappa shape index (κ3) is 4.32. The van der Waals surface area contributed by atoms with Crippen LogP contribution in [-0.2, 0) is 19.1 Å². The minimum Gasteiger partial charge on any atom is -0.463 e. The molecule has 0 saturated carbocycles. The van der Waals surface area contributed by atoms with Gasteiger partial charge in [0, 0.05) is 25.5 Å². The lowest BCUT2D eigenvalue weighted by Crippen LogP contribution is -2.34. The SMILES string of the molecule is CCOC(=O)C1=C(C)NC(c2ccc(N(C)C)cc2)C(C(=O)OCC)=C1C. The molecular weight excluding hydrogens is 344 g/mol. The molecule has 1 heterocycles. The maximum atomic E-state index is 12.7. The molecule has 0 aromatic heterocycles. The molecule has 1 N–H and O–H groups in total. The first-order chi connectivity index (χ1) is 12.8. The van der Waals surface area contributed by atoms with Crippen LogP contribution in [0.3, 0.4) is 0 Å². The molecule has 0 amide bonds. The Balaban J connectivity index is 2.52. The summed E-state index contributed by atoms with van der Waals surface area (Å²) in [4.78, 5) is 27.1. The number of dihydropyridines is 1. The number of nitrogens with one attached hydrogen (secondary N) is 1. The van der Waals surface area contributed by atoms with Crippen molar-refractivity contribution in [1.29, 1.82) is 0 Å². The molecule has 1 unspecified atom stereocenters. The van der Waals surface area contributed by atoms with Gasteiger partial charge in [0.05, 0.1) is 30.4 Å². The third-order valence-corrected chi connectivity index (χ3v) is 4.52. The number of nitrogens with zero attached hydrogens (tertiary/aromatic N) is 1. The molecule has 0 spiro atoms. The Labute approximate surface area is 160 Å². The van der Waals surface area contributed by atoms with Crippen LogP contribution in [0.2, 0.25) is 0 Å². The normalized spacial score (nSPS) is 16.7. The number of esters is 2. The number of carbonyl (C=O) groups excluding carboxylic acids is 2. The van der Waals surface area contributed by atoms with E-state index in [-0.39, 0.29) is 13.2 Å². The van der Waals surface area contributed by atoms with Crippen LogP contribution >= 0.6 is 0 Å². The van der Waals surface area contributed by atoms with Gasteiger partial charge in [0.25, 0.3) is 0 Å². The van der Waals surface area contributed by atoms with Crippen molar-refractivity contribution in [3.8, 4) is 0 Å². The highest BCUT2D eigenvalue weighted by Crippen LogP contribution is 2.35. The lowest BCUT2D eigenvalue weighted by atomic mass is 9.87. The van der Waals surface area contributed by atoms with Gasteiger partial charge in [-0.05, 0) is 51.0 Å². The van der Waals surface area contributed by atoms with Crippen molar-refractivity contribution in [2.45, 2.75) is 33.7 Å². The van der Waals surface area contributed by atoms with E-state index in [9.17, 15) is 9.59 Å². The smallest absolute Gasteiger partial charge is 0.340 e. The van der Waals surface area contributed by atoms with Gasteiger partial charge in [-0.25, -0.2) is 9.59 Å². The van der Waals surface area contributed by atoms with E-state index >= 15 is 0 Å². The number of rotatable bonds is 6. The van der Waals surface area contributed by atoms with E-state index in [1.54, 1.807) is 20.8 Å². The van der Waals surface area contributed by atoms with Gasteiger partial charge in [0.1, 0.15) is 0 Å². The van der Waals surface area contributed by atoms with Gasteiger partial charge in [-0.3, -0.25) is 0 Å². The number of anilines is 1. The second-order valence-electron chi connectivity index (χ2n) is 6.54. The summed E-state index contributed by atoms with van der Waals surface area (Å²) in [7, 11) is 3.95.